The summed E-state index contributed by atoms with van der Waals surface area (Å²) in [5.74, 6) is 0. The Kier molecular flexibility index (Phi) is 1.99. The lowest BCUT2D eigenvalue weighted by molar-refractivity contribution is -0.107. The number of rotatable bonds is 3. The van der Waals surface area contributed by atoms with Gasteiger partial charge in [-0.1, -0.05) is 0 Å². The fourth-order valence-corrected chi connectivity index (χ4v) is 1.14. The van der Waals surface area contributed by atoms with E-state index in [1.165, 1.54) is 0 Å². The number of aromatic amines is 1. The van der Waals surface area contributed by atoms with E-state index in [2.05, 4.69) is 20.4 Å². The summed E-state index contributed by atoms with van der Waals surface area (Å²) in [5, 5.41) is 10.2. The second-order valence-electron chi connectivity index (χ2n) is 2.72. The predicted molar refractivity (Wildman–Crippen MR) is 46.1 cm³/mol. The number of nitrogens with one attached hydrogen (secondary N) is 1. The van der Waals surface area contributed by atoms with Crippen LogP contribution in [0.1, 0.15) is 12.0 Å². The first kappa shape index (κ1) is 7.85. The highest BCUT2D eigenvalue weighted by Crippen LogP contribution is 2.08. The minimum Gasteiger partial charge on any atom is -0.303 e. The lowest BCUT2D eigenvalue weighted by Crippen LogP contribution is -1.88. The molecular weight excluding hydrogens is 168 g/mol. The maximum atomic E-state index is 10.1. The van der Waals surface area contributed by atoms with Crippen molar-refractivity contribution in [1.82, 2.24) is 20.4 Å². The number of carbonyl (C=O) groups excluding carboxylic acids is 1. The van der Waals surface area contributed by atoms with Crippen LogP contribution in [0, 0.1) is 0 Å². The maximum Gasteiger partial charge on any atom is 0.201 e. The molecule has 0 amide bonds. The standard InChI is InChI=1S/C8H8N4O/c13-3-1-2-6-4-7-8(9-5-6)11-12-10-7/h3-5H,1-2H2,(H,9,10,11,12). The van der Waals surface area contributed by atoms with Gasteiger partial charge in [0.05, 0.1) is 0 Å². The molecule has 0 aliphatic heterocycles. The van der Waals surface area contributed by atoms with Gasteiger partial charge in [-0.3, -0.25) is 0 Å². The predicted octanol–water partition coefficient (Wildman–Crippen LogP) is 0.484. The first-order chi connectivity index (χ1) is 6.40. The topological polar surface area (TPSA) is 71.5 Å². The average molecular weight is 176 g/mol. The van der Waals surface area contributed by atoms with Gasteiger partial charge in [-0.25, -0.2) is 4.98 Å². The largest absolute Gasteiger partial charge is 0.303 e. The highest BCUT2D eigenvalue weighted by molar-refractivity contribution is 5.69. The van der Waals surface area contributed by atoms with E-state index in [1.54, 1.807) is 6.20 Å². The first-order valence-corrected chi connectivity index (χ1v) is 3.99. The number of fused-ring (bicyclic) bond motifs is 1. The fraction of sp³-hybridized carbons (Fsp3) is 0.250. The molecule has 0 saturated carbocycles. The first-order valence-electron chi connectivity index (χ1n) is 3.99. The van der Waals surface area contributed by atoms with Gasteiger partial charge in [0.25, 0.3) is 0 Å². The number of nitrogens with zero attached hydrogens (tertiary/aromatic N) is 3. The molecule has 0 aliphatic rings. The number of carbonyl (C=O) groups is 1. The zero-order valence-electron chi connectivity index (χ0n) is 6.90. The van der Waals surface area contributed by atoms with Crippen LogP contribution < -0.4 is 0 Å². The van der Waals surface area contributed by atoms with Crippen molar-refractivity contribution in [2.75, 3.05) is 0 Å². The van der Waals surface area contributed by atoms with Crippen LogP contribution in [-0.2, 0) is 11.2 Å². The Hall–Kier alpha value is -1.78. The summed E-state index contributed by atoms with van der Waals surface area (Å²) in [7, 11) is 0. The lowest BCUT2D eigenvalue weighted by atomic mass is 10.2. The van der Waals surface area contributed by atoms with Crippen molar-refractivity contribution in [1.29, 1.82) is 0 Å². The number of aryl methyl sites for hydroxylation is 1. The van der Waals surface area contributed by atoms with Gasteiger partial charge < -0.3 is 4.79 Å². The van der Waals surface area contributed by atoms with Crippen LogP contribution in [0.3, 0.4) is 0 Å². The third-order valence-electron chi connectivity index (χ3n) is 1.78. The monoisotopic (exact) mass is 176 g/mol. The molecule has 0 atom stereocenters. The highest BCUT2D eigenvalue weighted by Gasteiger charge is 2.00. The van der Waals surface area contributed by atoms with Gasteiger partial charge in [0.15, 0.2) is 0 Å². The molecule has 0 aliphatic carbocycles. The van der Waals surface area contributed by atoms with Gasteiger partial charge in [-0.05, 0) is 18.1 Å². The van der Waals surface area contributed by atoms with E-state index >= 15 is 0 Å². The van der Waals surface area contributed by atoms with Gasteiger partial charge in [0, 0.05) is 12.6 Å². The van der Waals surface area contributed by atoms with Gasteiger partial charge in [0.1, 0.15) is 11.8 Å². The van der Waals surface area contributed by atoms with Crippen molar-refractivity contribution in [3.05, 3.63) is 17.8 Å². The molecule has 5 heteroatoms. The summed E-state index contributed by atoms with van der Waals surface area (Å²) in [5.41, 5.74) is 2.35. The zero-order chi connectivity index (χ0) is 9.10. The van der Waals surface area contributed by atoms with Crippen molar-refractivity contribution in [3.8, 4) is 0 Å². The van der Waals surface area contributed by atoms with E-state index in [0.29, 0.717) is 18.5 Å². The molecule has 2 aromatic heterocycles. The summed E-state index contributed by atoms with van der Waals surface area (Å²) < 4.78 is 0. The Morgan fingerprint density at radius 3 is 3.23 bits per heavy atom. The molecule has 2 rings (SSSR count). The third-order valence-corrected chi connectivity index (χ3v) is 1.78. The number of H-pyrrole nitrogens is 1. The Morgan fingerprint density at radius 1 is 1.46 bits per heavy atom. The molecule has 0 aromatic carbocycles. The smallest absolute Gasteiger partial charge is 0.201 e. The molecule has 1 N–H and O–H groups in total. The highest BCUT2D eigenvalue weighted by atomic mass is 16.1. The zero-order valence-corrected chi connectivity index (χ0v) is 6.90. The Morgan fingerprint density at radius 2 is 2.38 bits per heavy atom. The van der Waals surface area contributed by atoms with Crippen molar-refractivity contribution in [2.45, 2.75) is 12.8 Å². The number of aromatic nitrogens is 4. The average Bonchev–Trinajstić information content (AvgIpc) is 2.61. The Balaban J connectivity index is 2.31. The number of pyridine rings is 1. The molecule has 2 heterocycles. The van der Waals surface area contributed by atoms with Crippen LogP contribution in [-0.4, -0.2) is 26.7 Å². The van der Waals surface area contributed by atoms with Crippen LogP contribution in [0.25, 0.3) is 11.2 Å². The van der Waals surface area contributed by atoms with Crippen molar-refractivity contribution >= 4 is 17.5 Å². The second-order valence-corrected chi connectivity index (χ2v) is 2.72. The maximum absolute atomic E-state index is 10.1. The van der Waals surface area contributed by atoms with E-state index in [-0.39, 0.29) is 0 Å². The number of hydrogen-bond donors (Lipinski definition) is 1. The molecule has 66 valence electrons. The third kappa shape index (κ3) is 1.53. The summed E-state index contributed by atoms with van der Waals surface area (Å²) in [4.78, 5) is 14.2. The molecule has 0 spiro atoms. The normalized spacial score (nSPS) is 10.5. The molecule has 2 aromatic rings. The van der Waals surface area contributed by atoms with Gasteiger partial charge >= 0.3 is 0 Å². The van der Waals surface area contributed by atoms with Crippen LogP contribution in [0.4, 0.5) is 0 Å². The van der Waals surface area contributed by atoms with Crippen LogP contribution >= 0.6 is 0 Å². The number of hydrogen-bond acceptors (Lipinski definition) is 4. The van der Waals surface area contributed by atoms with Gasteiger partial charge in [0.2, 0.25) is 5.65 Å². The van der Waals surface area contributed by atoms with E-state index in [9.17, 15) is 4.79 Å². The van der Waals surface area contributed by atoms with E-state index in [1.807, 2.05) is 6.07 Å². The Bertz CT molecular complexity index is 423. The van der Waals surface area contributed by atoms with Gasteiger partial charge in [-0.15, -0.1) is 5.10 Å². The number of aldehydes is 1. The molecule has 0 bridgehead atoms. The molecule has 0 saturated heterocycles. The molecule has 0 radical (unpaired) electrons. The summed E-state index contributed by atoms with van der Waals surface area (Å²) in [6, 6.07) is 1.88. The molecule has 5 nitrogen and oxygen atoms in total. The minimum atomic E-state index is 0.519. The molecule has 0 unspecified atom stereocenters. The fourth-order valence-electron chi connectivity index (χ4n) is 1.14. The Labute approximate surface area is 74.2 Å². The van der Waals surface area contributed by atoms with E-state index in [4.69, 9.17) is 0 Å². The molecular formula is C8H8N4O. The van der Waals surface area contributed by atoms with Crippen molar-refractivity contribution in [3.63, 3.8) is 0 Å². The van der Waals surface area contributed by atoms with E-state index in [0.717, 1.165) is 17.4 Å². The summed E-state index contributed by atoms with van der Waals surface area (Å²) in [6.45, 7) is 0. The van der Waals surface area contributed by atoms with Crippen LogP contribution in [0.5, 0.6) is 0 Å². The SMILES string of the molecule is O=CCCc1cnc2n[nH]nc2c1. The van der Waals surface area contributed by atoms with Crippen LogP contribution in [0.2, 0.25) is 0 Å². The minimum absolute atomic E-state index is 0.519. The van der Waals surface area contributed by atoms with E-state index < -0.39 is 0 Å². The molecule has 13 heavy (non-hydrogen) atoms. The lowest BCUT2D eigenvalue weighted by Gasteiger charge is -1.94. The van der Waals surface area contributed by atoms with Crippen molar-refractivity contribution < 1.29 is 4.79 Å². The summed E-state index contributed by atoms with van der Waals surface area (Å²) >= 11 is 0. The second kappa shape index (κ2) is 3.30. The quantitative estimate of drug-likeness (QED) is 0.690. The van der Waals surface area contributed by atoms with Crippen molar-refractivity contribution in [2.24, 2.45) is 0 Å². The summed E-state index contributed by atoms with van der Waals surface area (Å²) in [6.07, 6.45) is 3.84. The molecule has 0 fully saturated rings. The van der Waals surface area contributed by atoms with Crippen LogP contribution in [0.15, 0.2) is 12.3 Å². The van der Waals surface area contributed by atoms with Gasteiger partial charge in [-0.2, -0.15) is 10.3 Å².